The lowest BCUT2D eigenvalue weighted by molar-refractivity contribution is 0.283. The number of aromatic nitrogens is 2. The van der Waals surface area contributed by atoms with E-state index in [2.05, 4.69) is 43.0 Å². The zero-order chi connectivity index (χ0) is 14.0. The van der Waals surface area contributed by atoms with Gasteiger partial charge in [-0.3, -0.25) is 4.79 Å². The Morgan fingerprint density at radius 3 is 2.68 bits per heavy atom. The van der Waals surface area contributed by atoms with Gasteiger partial charge in [0, 0.05) is 6.04 Å². The number of hydrogen-bond acceptors (Lipinski definition) is 3. The molecule has 102 valence electrons. The molecule has 1 aromatic heterocycles. The van der Waals surface area contributed by atoms with Crippen molar-refractivity contribution >= 4 is 10.9 Å². The van der Waals surface area contributed by atoms with Gasteiger partial charge in [-0.05, 0) is 24.5 Å². The number of nitrogens with one attached hydrogen (secondary N) is 2. The van der Waals surface area contributed by atoms with E-state index in [1.165, 1.54) is 0 Å². The molecule has 19 heavy (non-hydrogen) atoms. The highest BCUT2D eigenvalue weighted by Crippen LogP contribution is 2.18. The topological polar surface area (TPSA) is 57.8 Å². The number of H-pyrrole nitrogens is 1. The zero-order valence-electron chi connectivity index (χ0n) is 11.9. The third-order valence-electron chi connectivity index (χ3n) is 3.54. The van der Waals surface area contributed by atoms with Crippen molar-refractivity contribution in [3.05, 3.63) is 40.4 Å². The van der Waals surface area contributed by atoms with Crippen LogP contribution in [0.15, 0.2) is 29.1 Å². The van der Waals surface area contributed by atoms with E-state index in [9.17, 15) is 4.79 Å². The maximum atomic E-state index is 11.9. The summed E-state index contributed by atoms with van der Waals surface area (Å²) >= 11 is 0. The van der Waals surface area contributed by atoms with Gasteiger partial charge in [0.2, 0.25) is 0 Å². The van der Waals surface area contributed by atoms with Gasteiger partial charge in [0.15, 0.2) is 0 Å². The molecule has 1 heterocycles. The molecular formula is C15H21N3O. The molecule has 2 aromatic rings. The van der Waals surface area contributed by atoms with Crippen LogP contribution in [0.25, 0.3) is 10.9 Å². The third kappa shape index (κ3) is 3.20. The number of benzene rings is 1. The van der Waals surface area contributed by atoms with Gasteiger partial charge in [0.05, 0.1) is 17.4 Å². The van der Waals surface area contributed by atoms with Crippen LogP contribution < -0.4 is 10.9 Å². The maximum Gasteiger partial charge on any atom is 0.258 e. The van der Waals surface area contributed by atoms with Crippen molar-refractivity contribution in [2.75, 3.05) is 0 Å². The van der Waals surface area contributed by atoms with E-state index in [4.69, 9.17) is 0 Å². The van der Waals surface area contributed by atoms with Crippen molar-refractivity contribution in [1.29, 1.82) is 0 Å². The molecule has 1 unspecified atom stereocenters. The largest absolute Gasteiger partial charge is 0.309 e. The smallest absolute Gasteiger partial charge is 0.258 e. The lowest BCUT2D eigenvalue weighted by atomic mass is 9.88. The summed E-state index contributed by atoms with van der Waals surface area (Å²) in [4.78, 5) is 19.2. The summed E-state index contributed by atoms with van der Waals surface area (Å²) in [6.45, 7) is 9.25. The Kier molecular flexibility index (Phi) is 3.71. The van der Waals surface area contributed by atoms with E-state index in [1.54, 1.807) is 6.07 Å². The van der Waals surface area contributed by atoms with E-state index in [-0.39, 0.29) is 11.0 Å². The third-order valence-corrected chi connectivity index (χ3v) is 3.54. The minimum Gasteiger partial charge on any atom is -0.309 e. The van der Waals surface area contributed by atoms with Crippen LogP contribution in [0.5, 0.6) is 0 Å². The van der Waals surface area contributed by atoms with Gasteiger partial charge in [-0.1, -0.05) is 32.9 Å². The Morgan fingerprint density at radius 1 is 1.32 bits per heavy atom. The summed E-state index contributed by atoms with van der Waals surface area (Å²) in [6.07, 6.45) is 0. The molecule has 4 heteroatoms. The molecule has 0 amide bonds. The fourth-order valence-corrected chi connectivity index (χ4v) is 1.77. The van der Waals surface area contributed by atoms with Crippen LogP contribution in [0, 0.1) is 5.41 Å². The van der Waals surface area contributed by atoms with Crippen LogP contribution in [0.4, 0.5) is 0 Å². The van der Waals surface area contributed by atoms with Crippen molar-refractivity contribution in [3.63, 3.8) is 0 Å². The molecule has 2 rings (SSSR count). The predicted molar refractivity (Wildman–Crippen MR) is 78.1 cm³/mol. The minimum atomic E-state index is -0.0780. The number of aromatic amines is 1. The molecule has 1 atom stereocenters. The summed E-state index contributed by atoms with van der Waals surface area (Å²) in [7, 11) is 0. The minimum absolute atomic E-state index is 0.0780. The van der Waals surface area contributed by atoms with Crippen LogP contribution in [-0.4, -0.2) is 16.0 Å². The molecule has 0 aliphatic carbocycles. The first-order chi connectivity index (χ1) is 8.88. The molecule has 0 bridgehead atoms. The van der Waals surface area contributed by atoms with Gasteiger partial charge in [0.1, 0.15) is 5.82 Å². The van der Waals surface area contributed by atoms with Gasteiger partial charge in [0.25, 0.3) is 5.56 Å². The standard InChI is InChI=1S/C15H21N3O/c1-10(15(2,3)4)16-9-13-17-12-8-6-5-7-11(12)14(19)18-13/h5-8,10,16H,9H2,1-4H3,(H,17,18,19). The van der Waals surface area contributed by atoms with Crippen LogP contribution in [0.3, 0.4) is 0 Å². The predicted octanol–water partition coefficient (Wildman–Crippen LogP) is 2.45. The molecule has 1 aromatic carbocycles. The van der Waals surface area contributed by atoms with Crippen LogP contribution in [-0.2, 0) is 6.54 Å². The SMILES string of the molecule is CC(NCc1nc2ccccc2c(=O)[nH]1)C(C)(C)C. The lowest BCUT2D eigenvalue weighted by Gasteiger charge is -2.28. The van der Waals surface area contributed by atoms with Crippen molar-refractivity contribution in [1.82, 2.24) is 15.3 Å². The molecule has 0 fully saturated rings. The van der Waals surface area contributed by atoms with Gasteiger partial charge in [-0.15, -0.1) is 0 Å². The molecule has 0 radical (unpaired) electrons. The van der Waals surface area contributed by atoms with Gasteiger partial charge in [-0.25, -0.2) is 4.98 Å². The van der Waals surface area contributed by atoms with Gasteiger partial charge < -0.3 is 10.3 Å². The van der Waals surface area contributed by atoms with Gasteiger partial charge >= 0.3 is 0 Å². The second-order valence-corrected chi connectivity index (χ2v) is 6.00. The van der Waals surface area contributed by atoms with Crippen molar-refractivity contribution in [2.24, 2.45) is 5.41 Å². The number of fused-ring (bicyclic) bond motifs is 1. The Balaban J connectivity index is 2.21. The highest BCUT2D eigenvalue weighted by molar-refractivity contribution is 5.77. The molecule has 0 aliphatic rings. The highest BCUT2D eigenvalue weighted by atomic mass is 16.1. The van der Waals surface area contributed by atoms with E-state index < -0.39 is 0 Å². The highest BCUT2D eigenvalue weighted by Gasteiger charge is 2.19. The monoisotopic (exact) mass is 259 g/mol. The number of nitrogens with zero attached hydrogens (tertiary/aromatic N) is 1. The second-order valence-electron chi connectivity index (χ2n) is 6.00. The molecule has 0 saturated heterocycles. The molecule has 0 saturated carbocycles. The van der Waals surface area contributed by atoms with E-state index in [1.807, 2.05) is 18.2 Å². The fourth-order valence-electron chi connectivity index (χ4n) is 1.77. The van der Waals surface area contributed by atoms with E-state index in [0.717, 1.165) is 5.52 Å². The number of para-hydroxylation sites is 1. The molecule has 2 N–H and O–H groups in total. The van der Waals surface area contributed by atoms with Crippen LogP contribution in [0.2, 0.25) is 0 Å². The molecular weight excluding hydrogens is 238 g/mol. The molecule has 4 nitrogen and oxygen atoms in total. The summed E-state index contributed by atoms with van der Waals surface area (Å²) in [6, 6.07) is 7.73. The first-order valence-corrected chi connectivity index (χ1v) is 6.59. The fraction of sp³-hybridized carbons (Fsp3) is 0.467. The summed E-state index contributed by atoms with van der Waals surface area (Å²) in [5.41, 5.74) is 0.842. The number of hydrogen-bond donors (Lipinski definition) is 2. The average molecular weight is 259 g/mol. The lowest BCUT2D eigenvalue weighted by Crippen LogP contribution is -2.37. The summed E-state index contributed by atoms with van der Waals surface area (Å²) in [5, 5.41) is 4.03. The zero-order valence-corrected chi connectivity index (χ0v) is 11.9. The quantitative estimate of drug-likeness (QED) is 0.890. The first-order valence-electron chi connectivity index (χ1n) is 6.59. The molecule has 0 aliphatic heterocycles. The van der Waals surface area contributed by atoms with Crippen LogP contribution in [0.1, 0.15) is 33.5 Å². The molecule has 0 spiro atoms. The van der Waals surface area contributed by atoms with E-state index >= 15 is 0 Å². The maximum absolute atomic E-state index is 11.9. The average Bonchev–Trinajstić information content (AvgIpc) is 2.35. The normalized spacial score (nSPS) is 13.7. The summed E-state index contributed by atoms with van der Waals surface area (Å²) < 4.78 is 0. The van der Waals surface area contributed by atoms with Crippen molar-refractivity contribution in [2.45, 2.75) is 40.3 Å². The summed E-state index contributed by atoms with van der Waals surface area (Å²) in [5.74, 6) is 0.680. The van der Waals surface area contributed by atoms with Gasteiger partial charge in [-0.2, -0.15) is 0 Å². The Labute approximate surface area is 113 Å². The van der Waals surface area contributed by atoms with Crippen LogP contribution >= 0.6 is 0 Å². The van der Waals surface area contributed by atoms with E-state index in [0.29, 0.717) is 23.8 Å². The number of rotatable bonds is 3. The first kappa shape index (κ1) is 13.7. The Bertz CT molecular complexity index is 625. The Hall–Kier alpha value is -1.68. The van der Waals surface area contributed by atoms with Crippen molar-refractivity contribution < 1.29 is 0 Å². The second kappa shape index (κ2) is 5.13. The Morgan fingerprint density at radius 2 is 2.00 bits per heavy atom. The van der Waals surface area contributed by atoms with Crippen molar-refractivity contribution in [3.8, 4) is 0 Å².